The monoisotopic (exact) mass is 667 g/mol. The predicted octanol–water partition coefficient (Wildman–Crippen LogP) is 17.2. The Balaban J connectivity index is 4.85. The maximum atomic E-state index is 2.34. The van der Waals surface area contributed by atoms with E-state index in [4.69, 9.17) is 0 Å². The number of hydrogen-bond acceptors (Lipinski definition) is 0. The van der Waals surface area contributed by atoms with Gasteiger partial charge < -0.3 is 0 Å². The van der Waals surface area contributed by atoms with Crippen LogP contribution in [-0.2, 0) is 0 Å². The summed E-state index contributed by atoms with van der Waals surface area (Å²) in [6, 6.07) is 0. The Hall–Kier alpha value is 0.430. The van der Waals surface area contributed by atoms with Gasteiger partial charge in [-0.25, -0.2) is 0 Å². The molecule has 0 bridgehead atoms. The Morgan fingerprint density at radius 1 is 0.174 bits per heavy atom. The van der Waals surface area contributed by atoms with E-state index >= 15 is 0 Å². The molecule has 280 valence electrons. The van der Waals surface area contributed by atoms with E-state index in [1.54, 1.807) is 50.3 Å². The van der Waals surface area contributed by atoms with Gasteiger partial charge in [-0.15, -0.1) is 0 Å². The van der Waals surface area contributed by atoms with Crippen molar-refractivity contribution in [2.45, 2.75) is 265 Å². The van der Waals surface area contributed by atoms with Crippen molar-refractivity contribution in [3.05, 3.63) is 0 Å². The van der Waals surface area contributed by atoms with Gasteiger partial charge >= 0.3 is 297 Å². The van der Waals surface area contributed by atoms with Crippen LogP contribution in [0.15, 0.2) is 0 Å². The van der Waals surface area contributed by atoms with Crippen molar-refractivity contribution in [1.29, 1.82) is 0 Å². The molecule has 0 aromatic rings. The average molecular weight is 667 g/mol. The summed E-state index contributed by atoms with van der Waals surface area (Å²) < 4.78 is 0. The van der Waals surface area contributed by atoms with Crippen LogP contribution in [0.3, 0.4) is 0 Å². The van der Waals surface area contributed by atoms with Gasteiger partial charge in [-0.3, -0.25) is 0 Å². The molecule has 1 heteroatoms. The van der Waals surface area contributed by atoms with Crippen molar-refractivity contribution >= 4 is 7.26 Å². The number of unbranched alkanes of at least 4 members (excludes halogenated alkanes) is 33. The Kier molecular flexibility index (Phi) is 40.2. The van der Waals surface area contributed by atoms with E-state index in [9.17, 15) is 0 Å². The number of rotatable bonds is 41. The van der Waals surface area contributed by atoms with Gasteiger partial charge in [0, 0.05) is 0 Å². The van der Waals surface area contributed by atoms with Gasteiger partial charge in [-0.05, 0) is 0 Å². The minimum atomic E-state index is -1.14. The number of hydrogen-bond donors (Lipinski definition) is 0. The third-order valence-corrected chi connectivity index (χ3v) is 17.1. The molecule has 0 nitrogen and oxygen atoms in total. The standard InChI is InChI=1S/C45H95P/c1-5-9-13-17-21-25-29-33-37-41-45-46(42-38-34-30-26-22-18-14-10-6-2,43-39-35-31-27-23-19-15-11-7-3)44-40-36-32-28-24-20-16-12-8-4/h46H,5-45H2,1-4H3. The Labute approximate surface area is 296 Å². The second kappa shape index (κ2) is 39.9. The van der Waals surface area contributed by atoms with Crippen LogP contribution in [0.25, 0.3) is 0 Å². The van der Waals surface area contributed by atoms with Crippen molar-refractivity contribution in [1.82, 2.24) is 0 Å². The quantitative estimate of drug-likeness (QED) is 0.0450. The van der Waals surface area contributed by atoms with Gasteiger partial charge in [0.05, 0.1) is 0 Å². The third kappa shape index (κ3) is 34.3. The molecule has 0 aliphatic rings. The topological polar surface area (TPSA) is 0 Å². The maximum absolute atomic E-state index is 2.34. The molecule has 0 amide bonds. The first kappa shape index (κ1) is 46.4. The van der Waals surface area contributed by atoms with Crippen LogP contribution in [0.1, 0.15) is 265 Å². The van der Waals surface area contributed by atoms with Crippen LogP contribution < -0.4 is 0 Å². The molecule has 0 heterocycles. The fourth-order valence-corrected chi connectivity index (χ4v) is 13.7. The normalized spacial score (nSPS) is 12.3. The fourth-order valence-electron chi connectivity index (χ4n) is 8.17. The van der Waals surface area contributed by atoms with E-state index in [1.165, 1.54) is 212 Å². The Morgan fingerprint density at radius 3 is 0.457 bits per heavy atom. The van der Waals surface area contributed by atoms with Gasteiger partial charge in [0.25, 0.3) is 0 Å². The summed E-state index contributed by atoms with van der Waals surface area (Å²) in [5.74, 6) is 0. The van der Waals surface area contributed by atoms with E-state index in [0.29, 0.717) is 0 Å². The van der Waals surface area contributed by atoms with E-state index < -0.39 is 7.26 Å². The van der Waals surface area contributed by atoms with E-state index in [2.05, 4.69) is 27.7 Å². The van der Waals surface area contributed by atoms with Gasteiger partial charge in [0.1, 0.15) is 0 Å². The Bertz CT molecular complexity index is 472. The first-order valence-corrected chi connectivity index (χ1v) is 25.6. The molecular formula is C45H95P. The van der Waals surface area contributed by atoms with Gasteiger partial charge in [-0.2, -0.15) is 0 Å². The van der Waals surface area contributed by atoms with Crippen LogP contribution >= 0.6 is 7.26 Å². The first-order chi connectivity index (χ1) is 22.7. The molecule has 46 heavy (non-hydrogen) atoms. The molecule has 0 unspecified atom stereocenters. The zero-order chi connectivity index (χ0) is 33.5. The van der Waals surface area contributed by atoms with E-state index in [-0.39, 0.29) is 0 Å². The average Bonchev–Trinajstić information content (AvgIpc) is 3.06. The van der Waals surface area contributed by atoms with Gasteiger partial charge in [0.2, 0.25) is 0 Å². The molecule has 0 aromatic carbocycles. The fraction of sp³-hybridized carbons (Fsp3) is 1.00. The van der Waals surface area contributed by atoms with Crippen molar-refractivity contribution < 1.29 is 0 Å². The third-order valence-electron chi connectivity index (χ3n) is 11.5. The van der Waals surface area contributed by atoms with Crippen molar-refractivity contribution in [2.24, 2.45) is 0 Å². The summed E-state index contributed by atoms with van der Waals surface area (Å²) in [4.78, 5) is 0. The molecule has 0 fully saturated rings. The predicted molar refractivity (Wildman–Crippen MR) is 221 cm³/mol. The van der Waals surface area contributed by atoms with Crippen LogP contribution in [-0.4, -0.2) is 24.6 Å². The summed E-state index contributed by atoms with van der Waals surface area (Å²) >= 11 is 0. The molecule has 0 N–H and O–H groups in total. The van der Waals surface area contributed by atoms with E-state index in [1.807, 2.05) is 0 Å². The summed E-state index contributed by atoms with van der Waals surface area (Å²) in [6.45, 7) is 9.36. The summed E-state index contributed by atoms with van der Waals surface area (Å²) in [6.07, 6.45) is 62.0. The molecule has 0 aliphatic carbocycles. The summed E-state index contributed by atoms with van der Waals surface area (Å²) in [5.41, 5.74) is 0. The molecule has 0 saturated heterocycles. The molecule has 0 radical (unpaired) electrons. The summed E-state index contributed by atoms with van der Waals surface area (Å²) in [7, 11) is -1.14. The minimum absolute atomic E-state index is 1.14. The second-order valence-electron chi connectivity index (χ2n) is 16.2. The molecule has 0 rings (SSSR count). The van der Waals surface area contributed by atoms with Crippen LogP contribution in [0.4, 0.5) is 0 Å². The Morgan fingerprint density at radius 2 is 0.304 bits per heavy atom. The van der Waals surface area contributed by atoms with Crippen molar-refractivity contribution in [2.75, 3.05) is 24.6 Å². The van der Waals surface area contributed by atoms with Gasteiger partial charge in [0.15, 0.2) is 0 Å². The first-order valence-electron chi connectivity index (χ1n) is 22.7. The molecule has 0 saturated carbocycles. The van der Waals surface area contributed by atoms with Crippen molar-refractivity contribution in [3.8, 4) is 0 Å². The zero-order valence-electron chi connectivity index (χ0n) is 33.5. The molecule has 0 aromatic heterocycles. The van der Waals surface area contributed by atoms with Crippen molar-refractivity contribution in [3.63, 3.8) is 0 Å². The molecule has 0 aliphatic heterocycles. The van der Waals surface area contributed by atoms with Crippen LogP contribution in [0.2, 0.25) is 0 Å². The SMILES string of the molecule is CCCCCCCCCCCC[PH](CCCCCCCCCCC)(CCCCCCCCCCC)CCCCCCCCCCC. The molecule has 0 spiro atoms. The van der Waals surface area contributed by atoms with Gasteiger partial charge in [-0.1, -0.05) is 0 Å². The second-order valence-corrected chi connectivity index (χ2v) is 21.2. The zero-order valence-corrected chi connectivity index (χ0v) is 34.5. The van der Waals surface area contributed by atoms with Crippen LogP contribution in [0.5, 0.6) is 0 Å². The summed E-state index contributed by atoms with van der Waals surface area (Å²) in [5, 5.41) is 0. The van der Waals surface area contributed by atoms with Crippen LogP contribution in [0, 0.1) is 0 Å². The molecule has 0 atom stereocenters. The molecular weight excluding hydrogens is 571 g/mol. The van der Waals surface area contributed by atoms with E-state index in [0.717, 1.165) is 0 Å².